The maximum Gasteiger partial charge on any atom is 0.0199 e. The van der Waals surface area contributed by atoms with Gasteiger partial charge in [0, 0.05) is 16.7 Å². The number of aryl methyl sites for hydroxylation is 3. The number of hydrogen-bond acceptors (Lipinski definition) is 2. The summed E-state index contributed by atoms with van der Waals surface area (Å²) in [5.41, 5.74) is 5.45. The maximum atomic E-state index is 3.45. The molecule has 112 valence electrons. The lowest BCUT2D eigenvalue weighted by molar-refractivity contribution is 0.617. The molecule has 0 aliphatic rings. The van der Waals surface area contributed by atoms with Gasteiger partial charge in [-0.05, 0) is 51.9 Å². The molecule has 0 aliphatic heterocycles. The third-order valence-corrected chi connectivity index (χ3v) is 4.82. The molecule has 1 atom stereocenters. The van der Waals surface area contributed by atoms with Crippen LogP contribution >= 0.6 is 11.8 Å². The molecule has 1 unspecified atom stereocenters. The number of nitrogens with one attached hydrogen (secondary N) is 1. The van der Waals surface area contributed by atoms with Crippen LogP contribution in [0, 0.1) is 20.8 Å². The van der Waals surface area contributed by atoms with Crippen LogP contribution in [0.3, 0.4) is 0 Å². The van der Waals surface area contributed by atoms with Crippen molar-refractivity contribution in [3.05, 3.63) is 64.7 Å². The summed E-state index contributed by atoms with van der Waals surface area (Å²) in [6.07, 6.45) is 1.08. The number of benzene rings is 2. The van der Waals surface area contributed by atoms with Crippen LogP contribution in [0.2, 0.25) is 0 Å². The normalized spacial score (nSPS) is 12.4. The molecule has 0 spiro atoms. The van der Waals surface area contributed by atoms with Gasteiger partial charge in [0.05, 0.1) is 0 Å². The molecular weight excluding hydrogens is 274 g/mol. The summed E-state index contributed by atoms with van der Waals surface area (Å²) in [5, 5.41) is 3.45. The van der Waals surface area contributed by atoms with Gasteiger partial charge in [0.2, 0.25) is 0 Å². The van der Waals surface area contributed by atoms with Crippen LogP contribution in [-0.2, 0) is 6.42 Å². The molecule has 0 bridgehead atoms. The summed E-state index contributed by atoms with van der Waals surface area (Å²) < 4.78 is 0. The molecule has 1 N–H and O–H groups in total. The molecule has 0 saturated carbocycles. The largest absolute Gasteiger partial charge is 0.316 e. The average molecular weight is 299 g/mol. The van der Waals surface area contributed by atoms with Crippen LogP contribution in [0.25, 0.3) is 0 Å². The highest BCUT2D eigenvalue weighted by atomic mass is 32.2. The van der Waals surface area contributed by atoms with Gasteiger partial charge in [-0.3, -0.25) is 0 Å². The Morgan fingerprint density at radius 2 is 1.52 bits per heavy atom. The third kappa shape index (κ3) is 5.22. The molecule has 0 aliphatic carbocycles. The maximum absolute atomic E-state index is 3.45. The van der Waals surface area contributed by atoms with Crippen LogP contribution < -0.4 is 5.32 Å². The molecule has 0 saturated heterocycles. The summed E-state index contributed by atoms with van der Waals surface area (Å²) in [6, 6.07) is 16.1. The van der Waals surface area contributed by atoms with Crippen LogP contribution in [0.15, 0.2) is 47.4 Å². The van der Waals surface area contributed by atoms with Crippen LogP contribution in [0.4, 0.5) is 0 Å². The fraction of sp³-hybridized carbons (Fsp3) is 0.368. The highest BCUT2D eigenvalue weighted by molar-refractivity contribution is 7.99. The molecule has 1 nitrogen and oxygen atoms in total. The highest BCUT2D eigenvalue weighted by Gasteiger charge is 2.09. The van der Waals surface area contributed by atoms with Crippen molar-refractivity contribution in [1.82, 2.24) is 5.32 Å². The first kappa shape index (κ1) is 16.1. The Hall–Kier alpha value is -1.25. The van der Waals surface area contributed by atoms with E-state index >= 15 is 0 Å². The van der Waals surface area contributed by atoms with E-state index in [1.54, 1.807) is 0 Å². The summed E-state index contributed by atoms with van der Waals surface area (Å²) in [5.74, 6) is 1.09. The van der Waals surface area contributed by atoms with Crippen molar-refractivity contribution in [2.45, 2.75) is 38.1 Å². The predicted octanol–water partition coefficient (Wildman–Crippen LogP) is 4.53. The number of likely N-dealkylation sites (N-methyl/N-ethyl adjacent to an activating group) is 1. The molecule has 2 rings (SSSR count). The zero-order valence-electron chi connectivity index (χ0n) is 13.4. The highest BCUT2D eigenvalue weighted by Crippen LogP contribution is 2.20. The minimum absolute atomic E-state index is 0.498. The van der Waals surface area contributed by atoms with Gasteiger partial charge in [-0.1, -0.05) is 47.0 Å². The first-order valence-corrected chi connectivity index (χ1v) is 8.49. The summed E-state index contributed by atoms with van der Waals surface area (Å²) in [6.45, 7) is 6.47. The number of thioether (sulfide) groups is 1. The van der Waals surface area contributed by atoms with E-state index in [0.717, 1.165) is 12.2 Å². The van der Waals surface area contributed by atoms with Gasteiger partial charge in [0.1, 0.15) is 0 Å². The van der Waals surface area contributed by atoms with Gasteiger partial charge in [-0.2, -0.15) is 0 Å². The Kier molecular flexibility index (Phi) is 5.89. The predicted molar refractivity (Wildman–Crippen MR) is 94.4 cm³/mol. The van der Waals surface area contributed by atoms with Crippen molar-refractivity contribution in [3.63, 3.8) is 0 Å². The van der Waals surface area contributed by atoms with Crippen molar-refractivity contribution in [2.24, 2.45) is 0 Å². The lowest BCUT2D eigenvalue weighted by Gasteiger charge is -2.17. The van der Waals surface area contributed by atoms with Gasteiger partial charge >= 0.3 is 0 Å². The monoisotopic (exact) mass is 299 g/mol. The SMILES string of the molecule is CNC(CSc1ccc(C)cc1)Cc1cc(C)cc(C)c1. The fourth-order valence-corrected chi connectivity index (χ4v) is 3.55. The second-order valence-corrected chi connectivity index (χ2v) is 6.90. The van der Waals surface area contributed by atoms with Gasteiger partial charge in [-0.25, -0.2) is 0 Å². The molecule has 2 aromatic rings. The van der Waals surface area contributed by atoms with E-state index in [-0.39, 0.29) is 0 Å². The molecule has 0 aromatic heterocycles. The van der Waals surface area contributed by atoms with Crippen molar-refractivity contribution >= 4 is 11.8 Å². The van der Waals surface area contributed by atoms with E-state index < -0.39 is 0 Å². The first-order valence-electron chi connectivity index (χ1n) is 7.50. The van der Waals surface area contributed by atoms with E-state index in [1.165, 1.54) is 27.1 Å². The lowest BCUT2D eigenvalue weighted by atomic mass is 10.0. The van der Waals surface area contributed by atoms with Crippen LogP contribution in [-0.4, -0.2) is 18.8 Å². The van der Waals surface area contributed by atoms with Gasteiger partial charge < -0.3 is 5.32 Å². The fourth-order valence-electron chi connectivity index (χ4n) is 2.55. The van der Waals surface area contributed by atoms with Crippen molar-refractivity contribution in [1.29, 1.82) is 0 Å². The topological polar surface area (TPSA) is 12.0 Å². The lowest BCUT2D eigenvalue weighted by Crippen LogP contribution is -2.30. The van der Waals surface area contributed by atoms with Gasteiger partial charge in [0.15, 0.2) is 0 Å². The van der Waals surface area contributed by atoms with Crippen molar-refractivity contribution in [3.8, 4) is 0 Å². The number of hydrogen-bond donors (Lipinski definition) is 1. The summed E-state index contributed by atoms with van der Waals surface area (Å²) in [4.78, 5) is 1.35. The van der Waals surface area contributed by atoms with Crippen LogP contribution in [0.5, 0.6) is 0 Å². The molecule has 21 heavy (non-hydrogen) atoms. The summed E-state index contributed by atoms with van der Waals surface area (Å²) >= 11 is 1.93. The Morgan fingerprint density at radius 3 is 2.10 bits per heavy atom. The second-order valence-electron chi connectivity index (χ2n) is 5.81. The molecule has 0 heterocycles. The Labute approximate surface area is 133 Å². The zero-order valence-corrected chi connectivity index (χ0v) is 14.3. The average Bonchev–Trinajstić information content (AvgIpc) is 2.44. The molecule has 2 heteroatoms. The Balaban J connectivity index is 1.95. The first-order chi connectivity index (χ1) is 10.1. The quantitative estimate of drug-likeness (QED) is 0.786. The van der Waals surface area contributed by atoms with Gasteiger partial charge in [-0.15, -0.1) is 11.8 Å². The van der Waals surface area contributed by atoms with Crippen molar-refractivity contribution < 1.29 is 0 Å². The van der Waals surface area contributed by atoms with E-state index in [2.05, 4.69) is 75.6 Å². The van der Waals surface area contributed by atoms with E-state index in [9.17, 15) is 0 Å². The summed E-state index contributed by atoms with van der Waals surface area (Å²) in [7, 11) is 2.06. The smallest absolute Gasteiger partial charge is 0.0199 e. The Bertz CT molecular complexity index is 554. The molecule has 0 fully saturated rings. The van der Waals surface area contributed by atoms with Crippen molar-refractivity contribution in [2.75, 3.05) is 12.8 Å². The molecular formula is C19H25NS. The van der Waals surface area contributed by atoms with E-state index in [0.29, 0.717) is 6.04 Å². The standard InChI is InChI=1S/C19H25NS/c1-14-5-7-19(8-6-14)21-13-18(20-4)12-17-10-15(2)9-16(3)11-17/h5-11,18,20H,12-13H2,1-4H3. The minimum Gasteiger partial charge on any atom is -0.316 e. The molecule has 0 amide bonds. The molecule has 2 aromatic carbocycles. The van der Waals surface area contributed by atoms with E-state index in [4.69, 9.17) is 0 Å². The Morgan fingerprint density at radius 1 is 0.905 bits per heavy atom. The zero-order chi connectivity index (χ0) is 15.2. The van der Waals surface area contributed by atoms with Gasteiger partial charge in [0.25, 0.3) is 0 Å². The third-order valence-electron chi connectivity index (χ3n) is 3.64. The number of rotatable bonds is 6. The van der Waals surface area contributed by atoms with E-state index in [1.807, 2.05) is 11.8 Å². The van der Waals surface area contributed by atoms with Crippen LogP contribution in [0.1, 0.15) is 22.3 Å². The molecule has 0 radical (unpaired) electrons. The second kappa shape index (κ2) is 7.67. The minimum atomic E-state index is 0.498.